The molecule has 2 atom stereocenters. The molecule has 2 unspecified atom stereocenters. The third-order valence-corrected chi connectivity index (χ3v) is 5.64. The van der Waals surface area contributed by atoms with Crippen molar-refractivity contribution in [2.75, 3.05) is 0 Å². The normalized spacial score (nSPS) is 46.4. The first-order valence-electron chi connectivity index (χ1n) is 5.82. The van der Waals surface area contributed by atoms with E-state index in [1.165, 1.54) is 25.7 Å². The fourth-order valence-corrected chi connectivity index (χ4v) is 4.50. The van der Waals surface area contributed by atoms with Crippen LogP contribution in [0.3, 0.4) is 0 Å². The fraction of sp³-hybridized carbons (Fsp3) is 1.00. The minimum absolute atomic E-state index is 0.962. The smallest absolute Gasteiger partial charge is 0.0101 e. The second kappa shape index (κ2) is 3.84. The van der Waals surface area contributed by atoms with Crippen molar-refractivity contribution < 1.29 is 0 Å². The summed E-state index contributed by atoms with van der Waals surface area (Å²) in [6.07, 6.45) is 5.93. The monoisotopic (exact) mass is 198 g/mol. The Kier molecular flexibility index (Phi) is 2.92. The van der Waals surface area contributed by atoms with Gasteiger partial charge in [0.2, 0.25) is 0 Å². The van der Waals surface area contributed by atoms with Crippen LogP contribution in [0.2, 0.25) is 0 Å². The van der Waals surface area contributed by atoms with Crippen molar-refractivity contribution in [3.05, 3.63) is 0 Å². The van der Waals surface area contributed by atoms with Gasteiger partial charge in [0.25, 0.3) is 0 Å². The van der Waals surface area contributed by atoms with Crippen molar-refractivity contribution in [1.82, 2.24) is 0 Å². The predicted octanol–water partition coefficient (Wildman–Crippen LogP) is 3.95. The quantitative estimate of drug-likeness (QED) is 0.647. The van der Waals surface area contributed by atoms with Gasteiger partial charge in [0.1, 0.15) is 0 Å². The average Bonchev–Trinajstić information content (AvgIpc) is 2.79. The summed E-state index contributed by atoms with van der Waals surface area (Å²) in [5.41, 5.74) is 0. The Morgan fingerprint density at radius 1 is 0.923 bits per heavy atom. The Bertz CT molecular complexity index is 162. The van der Waals surface area contributed by atoms with Gasteiger partial charge >= 0.3 is 0 Å². The lowest BCUT2D eigenvalue weighted by molar-refractivity contribution is 0.243. The fourth-order valence-electron chi connectivity index (χ4n) is 2.89. The van der Waals surface area contributed by atoms with E-state index in [0.29, 0.717) is 0 Å². The van der Waals surface area contributed by atoms with Crippen LogP contribution in [0.1, 0.15) is 46.5 Å². The van der Waals surface area contributed by atoms with Gasteiger partial charge in [0, 0.05) is 10.5 Å². The first-order valence-corrected chi connectivity index (χ1v) is 6.76. The van der Waals surface area contributed by atoms with Crippen molar-refractivity contribution in [1.29, 1.82) is 0 Å². The molecule has 76 valence electrons. The number of hydrogen-bond acceptors (Lipinski definition) is 1. The standard InChI is InChI=1S/C12H22S/c1-8-6-9(2)12(10(3)7-8)13-11-4-5-11/h8-12H,4-7H2,1-3H3. The minimum atomic E-state index is 0.962. The first-order chi connectivity index (χ1) is 6.16. The number of hydrogen-bond donors (Lipinski definition) is 0. The van der Waals surface area contributed by atoms with Gasteiger partial charge in [-0.15, -0.1) is 0 Å². The molecule has 0 amide bonds. The van der Waals surface area contributed by atoms with Crippen molar-refractivity contribution in [2.24, 2.45) is 17.8 Å². The molecule has 0 saturated heterocycles. The van der Waals surface area contributed by atoms with Gasteiger partial charge in [-0.3, -0.25) is 0 Å². The molecule has 0 radical (unpaired) electrons. The molecule has 0 N–H and O–H groups in total. The zero-order valence-corrected chi connectivity index (χ0v) is 9.94. The summed E-state index contributed by atoms with van der Waals surface area (Å²) in [4.78, 5) is 0. The van der Waals surface area contributed by atoms with E-state index in [1.54, 1.807) is 0 Å². The zero-order chi connectivity index (χ0) is 9.42. The molecule has 1 heteroatoms. The SMILES string of the molecule is CC1CC(C)C(SC2CC2)C(C)C1. The Balaban J connectivity index is 1.90. The van der Waals surface area contributed by atoms with Gasteiger partial charge in [0.05, 0.1) is 0 Å². The number of rotatable bonds is 2. The Labute approximate surface area is 86.9 Å². The molecular weight excluding hydrogens is 176 g/mol. The topological polar surface area (TPSA) is 0 Å². The lowest BCUT2D eigenvalue weighted by atomic mass is 9.77. The minimum Gasteiger partial charge on any atom is -0.155 e. The van der Waals surface area contributed by atoms with Crippen molar-refractivity contribution in [2.45, 2.75) is 57.0 Å². The maximum absolute atomic E-state index is 2.46. The Morgan fingerprint density at radius 3 is 1.92 bits per heavy atom. The van der Waals surface area contributed by atoms with E-state index in [9.17, 15) is 0 Å². The highest BCUT2D eigenvalue weighted by atomic mass is 32.2. The van der Waals surface area contributed by atoms with Crippen molar-refractivity contribution in [3.63, 3.8) is 0 Å². The summed E-state index contributed by atoms with van der Waals surface area (Å²) in [6, 6.07) is 0. The van der Waals surface area contributed by atoms with E-state index in [1.807, 2.05) is 0 Å². The van der Waals surface area contributed by atoms with Gasteiger partial charge < -0.3 is 0 Å². The van der Waals surface area contributed by atoms with Crippen LogP contribution in [0, 0.1) is 17.8 Å². The van der Waals surface area contributed by atoms with Crippen LogP contribution in [0.25, 0.3) is 0 Å². The molecule has 0 heterocycles. The van der Waals surface area contributed by atoms with Gasteiger partial charge in [-0.25, -0.2) is 0 Å². The highest BCUT2D eigenvalue weighted by molar-refractivity contribution is 8.00. The van der Waals surface area contributed by atoms with E-state index in [2.05, 4.69) is 32.5 Å². The summed E-state index contributed by atoms with van der Waals surface area (Å²) < 4.78 is 0. The predicted molar refractivity (Wildman–Crippen MR) is 61.1 cm³/mol. The molecule has 2 fully saturated rings. The van der Waals surface area contributed by atoms with E-state index in [-0.39, 0.29) is 0 Å². The van der Waals surface area contributed by atoms with Crippen molar-refractivity contribution in [3.8, 4) is 0 Å². The lowest BCUT2D eigenvalue weighted by Crippen LogP contribution is -2.31. The second-order valence-corrected chi connectivity index (χ2v) is 6.81. The first kappa shape index (κ1) is 9.89. The molecule has 0 aromatic heterocycles. The number of thioether (sulfide) groups is 1. The maximum atomic E-state index is 2.46. The highest BCUT2D eigenvalue weighted by Gasteiger charge is 2.35. The molecule has 2 aliphatic rings. The van der Waals surface area contributed by atoms with Crippen LogP contribution in [0.4, 0.5) is 0 Å². The van der Waals surface area contributed by atoms with Crippen LogP contribution in [0.15, 0.2) is 0 Å². The molecular formula is C12H22S. The molecule has 0 aromatic carbocycles. The van der Waals surface area contributed by atoms with E-state index < -0.39 is 0 Å². The molecule has 13 heavy (non-hydrogen) atoms. The van der Waals surface area contributed by atoms with Crippen molar-refractivity contribution >= 4 is 11.8 Å². The van der Waals surface area contributed by atoms with Gasteiger partial charge in [-0.1, -0.05) is 20.8 Å². The largest absolute Gasteiger partial charge is 0.155 e. The summed E-state index contributed by atoms with van der Waals surface area (Å²) in [6.45, 7) is 7.35. The van der Waals surface area contributed by atoms with Gasteiger partial charge in [-0.05, 0) is 43.4 Å². The average molecular weight is 198 g/mol. The summed E-state index contributed by atoms with van der Waals surface area (Å²) in [5, 5.41) is 2.02. The molecule has 2 saturated carbocycles. The molecule has 0 spiro atoms. The van der Waals surface area contributed by atoms with E-state index in [4.69, 9.17) is 0 Å². The molecule has 2 rings (SSSR count). The molecule has 0 aliphatic heterocycles. The molecule has 2 aliphatic carbocycles. The van der Waals surface area contributed by atoms with Crippen LogP contribution in [-0.4, -0.2) is 10.5 Å². The van der Waals surface area contributed by atoms with Crippen LogP contribution in [-0.2, 0) is 0 Å². The highest BCUT2D eigenvalue weighted by Crippen LogP contribution is 2.46. The molecule has 0 nitrogen and oxygen atoms in total. The summed E-state index contributed by atoms with van der Waals surface area (Å²) in [7, 11) is 0. The van der Waals surface area contributed by atoms with Gasteiger partial charge in [-0.2, -0.15) is 11.8 Å². The van der Waals surface area contributed by atoms with E-state index >= 15 is 0 Å². The second-order valence-electron chi connectivity index (χ2n) is 5.33. The maximum Gasteiger partial charge on any atom is 0.0101 e. The van der Waals surface area contributed by atoms with Crippen LogP contribution >= 0.6 is 11.8 Å². The van der Waals surface area contributed by atoms with E-state index in [0.717, 1.165) is 28.3 Å². The van der Waals surface area contributed by atoms with Crippen LogP contribution < -0.4 is 0 Å². The Morgan fingerprint density at radius 2 is 1.46 bits per heavy atom. The summed E-state index contributed by atoms with van der Waals surface area (Å²) >= 11 is 2.30. The van der Waals surface area contributed by atoms with Crippen LogP contribution in [0.5, 0.6) is 0 Å². The Hall–Kier alpha value is 0.350. The molecule has 0 aromatic rings. The molecule has 0 bridgehead atoms. The lowest BCUT2D eigenvalue weighted by Gasteiger charge is -2.37. The zero-order valence-electron chi connectivity index (χ0n) is 9.12. The summed E-state index contributed by atoms with van der Waals surface area (Å²) in [5.74, 6) is 2.90. The van der Waals surface area contributed by atoms with Gasteiger partial charge in [0.15, 0.2) is 0 Å². The third kappa shape index (κ3) is 2.43. The third-order valence-electron chi connectivity index (χ3n) is 3.54.